The third kappa shape index (κ3) is 6.59. The summed E-state index contributed by atoms with van der Waals surface area (Å²) in [5, 5.41) is 12.1. The summed E-state index contributed by atoms with van der Waals surface area (Å²) in [7, 11) is 0. The van der Waals surface area contributed by atoms with Gasteiger partial charge in [-0.1, -0.05) is 69.3 Å². The molecule has 2 saturated heterocycles. The van der Waals surface area contributed by atoms with Crippen molar-refractivity contribution in [2.45, 2.75) is 64.5 Å². The zero-order valence-electron chi connectivity index (χ0n) is 26.4. The van der Waals surface area contributed by atoms with Gasteiger partial charge in [0.1, 0.15) is 6.33 Å². The van der Waals surface area contributed by atoms with E-state index < -0.39 is 5.60 Å². The third-order valence-corrected chi connectivity index (χ3v) is 9.37. The van der Waals surface area contributed by atoms with Gasteiger partial charge in [-0.3, -0.25) is 19.0 Å². The molecule has 9 nitrogen and oxygen atoms in total. The Balaban J connectivity index is 1.13. The fourth-order valence-corrected chi connectivity index (χ4v) is 6.89. The second-order valence-electron chi connectivity index (χ2n) is 14.0. The number of piperidine rings is 2. The quantitative estimate of drug-likeness (QED) is 0.344. The van der Waals surface area contributed by atoms with Crippen molar-refractivity contribution in [2.75, 3.05) is 26.2 Å². The molecular formula is C36H43N5O4. The largest absolute Gasteiger partial charge is 0.388 e. The number of para-hydroxylation sites is 1. The van der Waals surface area contributed by atoms with Crippen LogP contribution in [0.1, 0.15) is 57.9 Å². The molecule has 0 radical (unpaired) electrons. The number of nitrogens with zero attached hydrogens (tertiary/aromatic N) is 5. The highest BCUT2D eigenvalue weighted by Crippen LogP contribution is 2.36. The van der Waals surface area contributed by atoms with E-state index in [2.05, 4.69) is 25.8 Å². The van der Waals surface area contributed by atoms with Crippen molar-refractivity contribution in [1.29, 1.82) is 0 Å². The van der Waals surface area contributed by atoms with Gasteiger partial charge in [0, 0.05) is 56.3 Å². The van der Waals surface area contributed by atoms with Crippen LogP contribution in [0.4, 0.5) is 0 Å². The van der Waals surface area contributed by atoms with Crippen LogP contribution in [0.2, 0.25) is 0 Å². The molecule has 6 rings (SSSR count). The van der Waals surface area contributed by atoms with Gasteiger partial charge in [-0.25, -0.2) is 4.98 Å². The summed E-state index contributed by atoms with van der Waals surface area (Å²) in [6.45, 7) is 8.25. The Bertz CT molecular complexity index is 1720. The van der Waals surface area contributed by atoms with Gasteiger partial charge in [-0.2, -0.15) is 0 Å². The van der Waals surface area contributed by atoms with Crippen LogP contribution in [-0.2, 0) is 16.1 Å². The topological polar surface area (TPSA) is 101 Å². The van der Waals surface area contributed by atoms with E-state index in [0.29, 0.717) is 62.9 Å². The molecule has 0 unspecified atom stereocenters. The van der Waals surface area contributed by atoms with Crippen LogP contribution in [0, 0.1) is 11.3 Å². The van der Waals surface area contributed by atoms with E-state index in [1.54, 1.807) is 6.07 Å². The molecule has 2 amide bonds. The summed E-state index contributed by atoms with van der Waals surface area (Å²) >= 11 is 0. The molecule has 9 heteroatoms. The van der Waals surface area contributed by atoms with E-state index in [4.69, 9.17) is 0 Å². The molecule has 0 saturated carbocycles. The van der Waals surface area contributed by atoms with Crippen molar-refractivity contribution in [2.24, 2.45) is 11.3 Å². The maximum absolute atomic E-state index is 14.0. The number of amides is 2. The second kappa shape index (κ2) is 12.3. The number of likely N-dealkylation sites (tertiary alicyclic amines) is 2. The van der Waals surface area contributed by atoms with Crippen molar-refractivity contribution in [3.63, 3.8) is 0 Å². The summed E-state index contributed by atoms with van der Waals surface area (Å²) in [6.07, 6.45) is 5.17. The fraction of sp³-hybridized carbons (Fsp3) is 0.444. The summed E-state index contributed by atoms with van der Waals surface area (Å²) in [6, 6.07) is 21.5. The van der Waals surface area contributed by atoms with Crippen molar-refractivity contribution < 1.29 is 14.7 Å². The second-order valence-corrected chi connectivity index (χ2v) is 14.0. The lowest BCUT2D eigenvalue weighted by atomic mass is 9.78. The average molecular weight is 610 g/mol. The molecule has 0 bridgehead atoms. The number of aromatic nitrogens is 3. The minimum atomic E-state index is -1.13. The molecule has 0 spiro atoms. The molecule has 2 fully saturated rings. The number of carbonyl (C=O) groups is 2. The zero-order valence-corrected chi connectivity index (χ0v) is 26.4. The number of benzene rings is 2. The van der Waals surface area contributed by atoms with E-state index in [1.807, 2.05) is 81.2 Å². The first-order chi connectivity index (χ1) is 21.5. The van der Waals surface area contributed by atoms with Gasteiger partial charge in [-0.15, -0.1) is 0 Å². The SMILES string of the molecule is CC(C)(C)CC(=O)N1CC[C@@H](C(=O)N2CCC(O)(Cn3cnc4c(ccn4-c4ccccc4)c3=O)CC2)[C@H](c2ccccc2)C1. The number of rotatable bonds is 6. The smallest absolute Gasteiger partial charge is 0.262 e. The van der Waals surface area contributed by atoms with Crippen LogP contribution < -0.4 is 5.56 Å². The molecule has 236 valence electrons. The maximum atomic E-state index is 14.0. The fourth-order valence-electron chi connectivity index (χ4n) is 6.89. The highest BCUT2D eigenvalue weighted by molar-refractivity contribution is 5.82. The molecule has 0 aliphatic carbocycles. The lowest BCUT2D eigenvalue weighted by molar-refractivity contribution is -0.146. The van der Waals surface area contributed by atoms with E-state index in [-0.39, 0.29) is 41.2 Å². The van der Waals surface area contributed by atoms with Gasteiger partial charge >= 0.3 is 0 Å². The van der Waals surface area contributed by atoms with E-state index in [0.717, 1.165) is 11.3 Å². The highest BCUT2D eigenvalue weighted by atomic mass is 16.3. The standard InChI is InChI=1S/C36H43N5O4/c1-35(2,3)22-31(42)39-18-14-28(30(23-39)26-10-6-4-7-11-26)33(43)38-20-16-36(45,17-21-38)24-40-25-37-32-29(34(40)44)15-19-41(32)27-12-8-5-9-13-27/h4-13,15,19,25,28,30,45H,14,16-18,20-24H2,1-3H3/t28-,30+/m1/s1. The first kappa shape index (κ1) is 30.8. The molecule has 1 N–H and O–H groups in total. The molecule has 2 atom stereocenters. The van der Waals surface area contributed by atoms with Crippen LogP contribution in [-0.4, -0.2) is 72.6 Å². The number of aliphatic hydroxyl groups is 1. The Kier molecular flexibility index (Phi) is 8.39. The van der Waals surface area contributed by atoms with Crippen molar-refractivity contribution in [3.05, 3.63) is 95.2 Å². The van der Waals surface area contributed by atoms with Crippen molar-refractivity contribution in [1.82, 2.24) is 23.9 Å². The molecule has 2 aliphatic heterocycles. The molecular weight excluding hydrogens is 566 g/mol. The third-order valence-electron chi connectivity index (χ3n) is 9.37. The van der Waals surface area contributed by atoms with Crippen LogP contribution in [0.5, 0.6) is 0 Å². The number of carbonyl (C=O) groups excluding carboxylic acids is 2. The molecule has 4 heterocycles. The summed E-state index contributed by atoms with van der Waals surface area (Å²) < 4.78 is 3.37. The lowest BCUT2D eigenvalue weighted by Gasteiger charge is -2.43. The Morgan fingerprint density at radius 1 is 0.933 bits per heavy atom. The normalized spacial score (nSPS) is 20.4. The monoisotopic (exact) mass is 609 g/mol. The van der Waals surface area contributed by atoms with E-state index in [9.17, 15) is 19.5 Å². The Labute approximate surface area is 264 Å². The molecule has 2 aliphatic rings. The van der Waals surface area contributed by atoms with Gasteiger partial charge in [-0.05, 0) is 48.4 Å². The molecule has 2 aromatic heterocycles. The zero-order chi connectivity index (χ0) is 31.8. The summed E-state index contributed by atoms with van der Waals surface area (Å²) in [5.41, 5.74) is 1.15. The highest BCUT2D eigenvalue weighted by Gasteiger charge is 2.42. The van der Waals surface area contributed by atoms with Crippen molar-refractivity contribution in [3.8, 4) is 5.69 Å². The Hall–Kier alpha value is -4.24. The van der Waals surface area contributed by atoms with Crippen LogP contribution >= 0.6 is 0 Å². The predicted molar refractivity (Wildman–Crippen MR) is 174 cm³/mol. The van der Waals surface area contributed by atoms with Gasteiger partial charge in [0.2, 0.25) is 11.8 Å². The maximum Gasteiger partial charge on any atom is 0.262 e. The van der Waals surface area contributed by atoms with Crippen LogP contribution in [0.3, 0.4) is 0 Å². The Morgan fingerprint density at radius 3 is 2.27 bits per heavy atom. The van der Waals surface area contributed by atoms with E-state index >= 15 is 0 Å². The summed E-state index contributed by atoms with van der Waals surface area (Å²) in [4.78, 5) is 48.9. The molecule has 2 aromatic carbocycles. The van der Waals surface area contributed by atoms with Crippen molar-refractivity contribution >= 4 is 22.8 Å². The van der Waals surface area contributed by atoms with Gasteiger partial charge in [0.25, 0.3) is 5.56 Å². The molecule has 45 heavy (non-hydrogen) atoms. The number of fused-ring (bicyclic) bond motifs is 1. The van der Waals surface area contributed by atoms with Crippen LogP contribution in [0.25, 0.3) is 16.7 Å². The first-order valence-electron chi connectivity index (χ1n) is 16.0. The lowest BCUT2D eigenvalue weighted by Crippen LogP contribution is -2.53. The van der Waals surface area contributed by atoms with E-state index in [1.165, 1.54) is 10.9 Å². The van der Waals surface area contributed by atoms with Gasteiger partial charge in [0.15, 0.2) is 5.65 Å². The van der Waals surface area contributed by atoms with Crippen LogP contribution in [0.15, 0.2) is 84.0 Å². The number of hydrogen-bond acceptors (Lipinski definition) is 5. The first-order valence-corrected chi connectivity index (χ1v) is 16.0. The Morgan fingerprint density at radius 2 is 1.60 bits per heavy atom. The molecule has 4 aromatic rings. The average Bonchev–Trinajstić information content (AvgIpc) is 3.47. The van der Waals surface area contributed by atoms with Gasteiger partial charge in [0.05, 0.1) is 17.5 Å². The van der Waals surface area contributed by atoms with Gasteiger partial charge < -0.3 is 19.5 Å². The minimum Gasteiger partial charge on any atom is -0.388 e. The minimum absolute atomic E-state index is 0.0799. The summed E-state index contributed by atoms with van der Waals surface area (Å²) in [5.74, 6) is -0.106. The number of hydrogen-bond donors (Lipinski definition) is 1. The predicted octanol–water partition coefficient (Wildman–Crippen LogP) is 4.61.